The Morgan fingerprint density at radius 3 is 2.61 bits per heavy atom. The Bertz CT molecular complexity index is 596. The number of aliphatic carboxylic acids is 1. The van der Waals surface area contributed by atoms with Gasteiger partial charge in [0.2, 0.25) is 0 Å². The third-order valence-corrected chi connectivity index (χ3v) is 3.15. The highest BCUT2D eigenvalue weighted by Crippen LogP contribution is 2.26. The second kappa shape index (κ2) is 5.00. The van der Waals surface area contributed by atoms with Gasteiger partial charge in [-0.25, -0.2) is 4.68 Å². The fourth-order valence-electron chi connectivity index (χ4n) is 1.56. The Kier molecular flexibility index (Phi) is 3.59. The fraction of sp³-hybridized carbons (Fsp3) is 0.167. The van der Waals surface area contributed by atoms with E-state index >= 15 is 0 Å². The maximum absolute atomic E-state index is 10.9. The maximum Gasteiger partial charge on any atom is 0.310 e. The van der Waals surface area contributed by atoms with E-state index in [0.717, 1.165) is 0 Å². The van der Waals surface area contributed by atoms with Gasteiger partial charge in [-0.05, 0) is 30.7 Å². The summed E-state index contributed by atoms with van der Waals surface area (Å²) in [5, 5.41) is 13.8. The Labute approximate surface area is 114 Å². The van der Waals surface area contributed by atoms with Gasteiger partial charge in [0.25, 0.3) is 0 Å². The molecule has 0 radical (unpaired) electrons. The number of nitrogens with zero attached hydrogens (tertiary/aromatic N) is 2. The number of carboxylic acid groups (broad SMARTS) is 1. The monoisotopic (exact) mass is 284 g/mol. The van der Waals surface area contributed by atoms with Crippen LogP contribution in [0, 0.1) is 0 Å². The van der Waals surface area contributed by atoms with Gasteiger partial charge < -0.3 is 5.11 Å². The lowest BCUT2D eigenvalue weighted by Gasteiger charge is -2.10. The van der Waals surface area contributed by atoms with Gasteiger partial charge in [-0.15, -0.1) is 0 Å². The highest BCUT2D eigenvalue weighted by atomic mass is 35.5. The molecule has 0 aliphatic carbocycles. The van der Waals surface area contributed by atoms with Crippen LogP contribution in [0.15, 0.2) is 30.5 Å². The molecular formula is C12H10Cl2N2O2. The molecule has 0 saturated heterocycles. The largest absolute Gasteiger partial charge is 0.481 e. The van der Waals surface area contributed by atoms with Gasteiger partial charge in [0, 0.05) is 6.20 Å². The van der Waals surface area contributed by atoms with Crippen molar-refractivity contribution in [2.24, 2.45) is 0 Å². The summed E-state index contributed by atoms with van der Waals surface area (Å²) in [5.74, 6) is -1.49. The minimum Gasteiger partial charge on any atom is -0.481 e. The van der Waals surface area contributed by atoms with Crippen LogP contribution in [-0.2, 0) is 4.79 Å². The second-order valence-electron chi connectivity index (χ2n) is 3.85. The van der Waals surface area contributed by atoms with Crippen LogP contribution in [0.3, 0.4) is 0 Å². The molecule has 2 rings (SSSR count). The zero-order chi connectivity index (χ0) is 13.3. The van der Waals surface area contributed by atoms with Gasteiger partial charge >= 0.3 is 5.97 Å². The topological polar surface area (TPSA) is 55.1 Å². The van der Waals surface area contributed by atoms with Gasteiger partial charge in [-0.3, -0.25) is 4.79 Å². The van der Waals surface area contributed by atoms with Crippen LogP contribution >= 0.6 is 23.2 Å². The number of carboxylic acids is 1. The van der Waals surface area contributed by atoms with Crippen molar-refractivity contribution in [1.82, 2.24) is 9.78 Å². The first-order chi connectivity index (χ1) is 8.49. The summed E-state index contributed by atoms with van der Waals surface area (Å²) in [4.78, 5) is 10.9. The molecule has 0 amide bonds. The lowest BCUT2D eigenvalue weighted by atomic mass is 10.0. The van der Waals surface area contributed by atoms with Crippen molar-refractivity contribution in [3.63, 3.8) is 0 Å². The van der Waals surface area contributed by atoms with E-state index in [0.29, 0.717) is 21.4 Å². The van der Waals surface area contributed by atoms with E-state index in [9.17, 15) is 4.79 Å². The summed E-state index contributed by atoms with van der Waals surface area (Å²) in [6.07, 6.45) is 1.68. The zero-order valence-electron chi connectivity index (χ0n) is 9.47. The van der Waals surface area contributed by atoms with E-state index in [1.165, 1.54) is 0 Å². The molecule has 1 N–H and O–H groups in total. The van der Waals surface area contributed by atoms with E-state index in [-0.39, 0.29) is 0 Å². The molecule has 4 nitrogen and oxygen atoms in total. The number of carbonyl (C=O) groups is 1. The van der Waals surface area contributed by atoms with Crippen molar-refractivity contribution < 1.29 is 9.90 Å². The van der Waals surface area contributed by atoms with E-state index in [2.05, 4.69) is 5.10 Å². The number of benzene rings is 1. The minimum absolute atomic E-state index is 0.369. The summed E-state index contributed by atoms with van der Waals surface area (Å²) < 4.78 is 1.54. The van der Waals surface area contributed by atoms with Crippen LogP contribution in [0.25, 0.3) is 5.69 Å². The molecule has 94 valence electrons. The fourth-order valence-corrected chi connectivity index (χ4v) is 1.97. The zero-order valence-corrected chi connectivity index (χ0v) is 11.0. The summed E-state index contributed by atoms with van der Waals surface area (Å²) in [5.41, 5.74) is 1.31. The van der Waals surface area contributed by atoms with Gasteiger partial charge in [0.1, 0.15) is 0 Å². The highest BCUT2D eigenvalue weighted by Gasteiger charge is 2.15. The van der Waals surface area contributed by atoms with Crippen LogP contribution in [0.4, 0.5) is 0 Å². The van der Waals surface area contributed by atoms with Gasteiger partial charge in [-0.1, -0.05) is 29.3 Å². The number of halogens is 2. The van der Waals surface area contributed by atoms with E-state index in [4.69, 9.17) is 28.3 Å². The van der Waals surface area contributed by atoms with Crippen LogP contribution in [0.2, 0.25) is 10.2 Å². The minimum atomic E-state index is -0.888. The number of hydrogen-bond acceptors (Lipinski definition) is 2. The lowest BCUT2D eigenvalue weighted by molar-refractivity contribution is -0.138. The third kappa shape index (κ3) is 2.49. The lowest BCUT2D eigenvalue weighted by Crippen LogP contribution is -2.07. The Balaban J connectivity index is 2.39. The predicted molar refractivity (Wildman–Crippen MR) is 69.6 cm³/mol. The van der Waals surface area contributed by atoms with Crippen molar-refractivity contribution in [3.05, 3.63) is 46.2 Å². The van der Waals surface area contributed by atoms with E-state index in [1.807, 2.05) is 0 Å². The summed E-state index contributed by atoms with van der Waals surface area (Å²) >= 11 is 11.9. The molecule has 1 atom stereocenters. The molecule has 1 aromatic heterocycles. The van der Waals surface area contributed by atoms with Crippen LogP contribution in [-0.4, -0.2) is 20.9 Å². The van der Waals surface area contributed by atoms with Crippen molar-refractivity contribution >= 4 is 29.2 Å². The average Bonchev–Trinajstić information content (AvgIpc) is 2.74. The molecule has 1 unspecified atom stereocenters. The van der Waals surface area contributed by atoms with Crippen molar-refractivity contribution in [2.45, 2.75) is 12.8 Å². The SMILES string of the molecule is CC(C(=O)O)c1ccc(-n2ccc(Cl)n2)c(Cl)c1. The standard InChI is InChI=1S/C12H10Cl2N2O2/c1-7(12(17)18)8-2-3-10(9(13)6-8)16-5-4-11(14)15-16/h2-7H,1H3,(H,17,18). The molecule has 1 heterocycles. The van der Waals surface area contributed by atoms with E-state index < -0.39 is 11.9 Å². The molecule has 1 aromatic carbocycles. The smallest absolute Gasteiger partial charge is 0.310 e. The first kappa shape index (κ1) is 12.9. The van der Waals surface area contributed by atoms with Gasteiger partial charge in [0.15, 0.2) is 5.15 Å². The van der Waals surface area contributed by atoms with Crippen LogP contribution in [0.5, 0.6) is 0 Å². The Hall–Kier alpha value is -1.52. The van der Waals surface area contributed by atoms with Gasteiger partial charge in [0.05, 0.1) is 16.6 Å². The predicted octanol–water partition coefficient (Wildman–Crippen LogP) is 3.37. The van der Waals surface area contributed by atoms with Crippen molar-refractivity contribution in [2.75, 3.05) is 0 Å². The van der Waals surface area contributed by atoms with Gasteiger partial charge in [-0.2, -0.15) is 5.10 Å². The molecule has 0 saturated carbocycles. The summed E-state index contributed by atoms with van der Waals surface area (Å²) in [6.45, 7) is 1.61. The van der Waals surface area contributed by atoms with Crippen LogP contribution < -0.4 is 0 Å². The summed E-state index contributed by atoms with van der Waals surface area (Å²) in [6, 6.07) is 6.72. The molecular weight excluding hydrogens is 275 g/mol. The molecule has 2 aromatic rings. The number of rotatable bonds is 3. The molecule has 6 heteroatoms. The van der Waals surface area contributed by atoms with Crippen molar-refractivity contribution in [3.8, 4) is 5.69 Å². The second-order valence-corrected chi connectivity index (χ2v) is 4.65. The first-order valence-corrected chi connectivity index (χ1v) is 5.98. The number of hydrogen-bond donors (Lipinski definition) is 1. The third-order valence-electron chi connectivity index (χ3n) is 2.65. The average molecular weight is 285 g/mol. The molecule has 0 aliphatic rings. The molecule has 0 fully saturated rings. The van der Waals surface area contributed by atoms with E-state index in [1.54, 1.807) is 42.1 Å². The highest BCUT2D eigenvalue weighted by molar-refractivity contribution is 6.32. The quantitative estimate of drug-likeness (QED) is 0.940. The van der Waals surface area contributed by atoms with Crippen LogP contribution in [0.1, 0.15) is 18.4 Å². The molecule has 0 bridgehead atoms. The number of aromatic nitrogens is 2. The summed E-state index contributed by atoms with van der Waals surface area (Å²) in [7, 11) is 0. The Morgan fingerprint density at radius 1 is 1.39 bits per heavy atom. The normalized spacial score (nSPS) is 12.4. The van der Waals surface area contributed by atoms with Crippen molar-refractivity contribution in [1.29, 1.82) is 0 Å². The molecule has 0 aliphatic heterocycles. The molecule has 18 heavy (non-hydrogen) atoms. The molecule has 0 spiro atoms. The Morgan fingerprint density at radius 2 is 2.11 bits per heavy atom. The maximum atomic E-state index is 10.9. The first-order valence-electron chi connectivity index (χ1n) is 5.23.